The number of benzene rings is 1. The van der Waals surface area contributed by atoms with E-state index in [1.54, 1.807) is 13.8 Å². The number of anilines is 1. The highest BCUT2D eigenvalue weighted by atomic mass is 19.1. The van der Waals surface area contributed by atoms with Crippen molar-refractivity contribution >= 4 is 5.69 Å². The molecule has 1 atom stereocenters. The Morgan fingerprint density at radius 3 is 2.61 bits per heavy atom. The van der Waals surface area contributed by atoms with Crippen molar-refractivity contribution in [3.63, 3.8) is 0 Å². The molecule has 0 saturated carbocycles. The van der Waals surface area contributed by atoms with E-state index < -0.39 is 6.10 Å². The molecule has 0 unspecified atom stereocenters. The van der Waals surface area contributed by atoms with Gasteiger partial charge >= 0.3 is 0 Å². The van der Waals surface area contributed by atoms with Crippen molar-refractivity contribution < 1.29 is 9.50 Å². The van der Waals surface area contributed by atoms with Crippen LogP contribution in [0.3, 0.4) is 0 Å². The third kappa shape index (κ3) is 2.56. The second-order valence-corrected chi connectivity index (χ2v) is 5.08. The minimum atomic E-state index is -0.651. The number of halogens is 1. The maximum absolute atomic E-state index is 13.6. The van der Waals surface area contributed by atoms with Gasteiger partial charge in [0.1, 0.15) is 5.82 Å². The van der Waals surface area contributed by atoms with Gasteiger partial charge in [0, 0.05) is 24.3 Å². The van der Waals surface area contributed by atoms with Crippen LogP contribution in [0.15, 0.2) is 23.8 Å². The van der Waals surface area contributed by atoms with Crippen molar-refractivity contribution in [1.82, 2.24) is 0 Å². The molecule has 1 N–H and O–H groups in total. The fourth-order valence-corrected chi connectivity index (χ4v) is 2.28. The maximum atomic E-state index is 13.6. The lowest BCUT2D eigenvalue weighted by molar-refractivity contribution is 0.199. The molecule has 0 saturated heterocycles. The second kappa shape index (κ2) is 5.11. The van der Waals surface area contributed by atoms with Crippen LogP contribution in [-0.2, 0) is 0 Å². The molecule has 0 bridgehead atoms. The zero-order valence-corrected chi connectivity index (χ0v) is 11.2. The fourth-order valence-electron chi connectivity index (χ4n) is 2.28. The topological polar surface area (TPSA) is 23.5 Å². The van der Waals surface area contributed by atoms with E-state index in [0.717, 1.165) is 25.2 Å². The number of nitrogens with zero attached hydrogens (tertiary/aromatic N) is 1. The van der Waals surface area contributed by atoms with E-state index in [-0.39, 0.29) is 5.82 Å². The van der Waals surface area contributed by atoms with Crippen LogP contribution in [0.2, 0.25) is 0 Å². The van der Waals surface area contributed by atoms with Crippen LogP contribution in [0, 0.1) is 12.7 Å². The molecule has 1 aliphatic rings. The van der Waals surface area contributed by atoms with Crippen molar-refractivity contribution in [2.24, 2.45) is 0 Å². The Kier molecular flexibility index (Phi) is 3.71. The van der Waals surface area contributed by atoms with Crippen LogP contribution in [0.5, 0.6) is 0 Å². The van der Waals surface area contributed by atoms with Crippen LogP contribution >= 0.6 is 0 Å². The number of aliphatic hydroxyl groups is 1. The molecule has 18 heavy (non-hydrogen) atoms. The minimum absolute atomic E-state index is 0.251. The van der Waals surface area contributed by atoms with Crippen molar-refractivity contribution in [3.05, 3.63) is 40.7 Å². The summed E-state index contributed by atoms with van der Waals surface area (Å²) in [6.07, 6.45) is 2.56. The highest BCUT2D eigenvalue weighted by Crippen LogP contribution is 2.30. The van der Waals surface area contributed by atoms with Crippen molar-refractivity contribution in [2.45, 2.75) is 33.3 Å². The van der Waals surface area contributed by atoms with E-state index in [2.05, 4.69) is 17.9 Å². The number of aryl methyl sites for hydroxylation is 1. The Bertz CT molecular complexity index is 480. The quantitative estimate of drug-likeness (QED) is 0.813. The van der Waals surface area contributed by atoms with Crippen molar-refractivity contribution in [1.29, 1.82) is 0 Å². The molecule has 0 aromatic heterocycles. The van der Waals surface area contributed by atoms with Gasteiger partial charge < -0.3 is 10.0 Å². The maximum Gasteiger partial charge on any atom is 0.126 e. The zero-order chi connectivity index (χ0) is 13.3. The van der Waals surface area contributed by atoms with Gasteiger partial charge in [-0.3, -0.25) is 0 Å². The summed E-state index contributed by atoms with van der Waals surface area (Å²) in [6, 6.07) is 3.30. The summed E-state index contributed by atoms with van der Waals surface area (Å²) in [5.74, 6) is -0.251. The Hall–Kier alpha value is -1.35. The van der Waals surface area contributed by atoms with Gasteiger partial charge in [-0.1, -0.05) is 11.6 Å². The molecular formula is C15H20FNO. The van der Waals surface area contributed by atoms with Gasteiger partial charge in [0.15, 0.2) is 0 Å². The molecule has 3 heteroatoms. The molecule has 98 valence electrons. The largest absolute Gasteiger partial charge is 0.389 e. The molecule has 1 heterocycles. The lowest BCUT2D eigenvalue weighted by Crippen LogP contribution is -2.29. The first-order valence-electron chi connectivity index (χ1n) is 6.37. The first kappa shape index (κ1) is 13.1. The first-order valence-corrected chi connectivity index (χ1v) is 6.37. The average molecular weight is 249 g/mol. The van der Waals surface area contributed by atoms with Gasteiger partial charge in [0.05, 0.1) is 6.10 Å². The summed E-state index contributed by atoms with van der Waals surface area (Å²) in [4.78, 5) is 2.20. The van der Waals surface area contributed by atoms with Crippen LogP contribution in [0.4, 0.5) is 10.1 Å². The van der Waals surface area contributed by atoms with Gasteiger partial charge in [-0.2, -0.15) is 0 Å². The molecule has 0 radical (unpaired) electrons. The predicted molar refractivity (Wildman–Crippen MR) is 72.4 cm³/mol. The molecule has 1 aliphatic heterocycles. The monoisotopic (exact) mass is 249 g/mol. The molecule has 2 nitrogen and oxygen atoms in total. The summed E-state index contributed by atoms with van der Waals surface area (Å²) >= 11 is 0. The Morgan fingerprint density at radius 1 is 1.33 bits per heavy atom. The third-order valence-corrected chi connectivity index (χ3v) is 3.53. The van der Waals surface area contributed by atoms with Gasteiger partial charge in [0.25, 0.3) is 0 Å². The van der Waals surface area contributed by atoms with E-state index in [1.165, 1.54) is 11.6 Å². The second-order valence-electron chi connectivity index (χ2n) is 5.08. The predicted octanol–water partition coefficient (Wildman–Crippen LogP) is 3.34. The highest BCUT2D eigenvalue weighted by molar-refractivity contribution is 5.57. The lowest BCUT2D eigenvalue weighted by atomic mass is 10.0. The summed E-state index contributed by atoms with van der Waals surface area (Å²) in [5, 5.41) is 9.79. The van der Waals surface area contributed by atoms with Crippen LogP contribution < -0.4 is 4.90 Å². The SMILES string of the molecule is CC1=CCN(c2cc(C)c(F)cc2[C@H](C)O)CC1. The average Bonchev–Trinajstić information content (AvgIpc) is 2.33. The van der Waals surface area contributed by atoms with E-state index in [4.69, 9.17) is 0 Å². The Balaban J connectivity index is 2.40. The van der Waals surface area contributed by atoms with Gasteiger partial charge in [-0.15, -0.1) is 0 Å². The van der Waals surface area contributed by atoms with Crippen LogP contribution in [-0.4, -0.2) is 18.2 Å². The number of aliphatic hydroxyl groups excluding tert-OH is 1. The zero-order valence-electron chi connectivity index (χ0n) is 11.2. The van der Waals surface area contributed by atoms with E-state index in [9.17, 15) is 9.50 Å². The lowest BCUT2D eigenvalue weighted by Gasteiger charge is -2.30. The first-order chi connectivity index (χ1) is 8.49. The van der Waals surface area contributed by atoms with E-state index >= 15 is 0 Å². The Morgan fingerprint density at radius 2 is 2.06 bits per heavy atom. The van der Waals surface area contributed by atoms with Crippen molar-refractivity contribution in [3.8, 4) is 0 Å². The van der Waals surface area contributed by atoms with Gasteiger partial charge in [0.2, 0.25) is 0 Å². The molecule has 1 aromatic carbocycles. The standard InChI is InChI=1S/C15H20FNO/c1-10-4-6-17(7-5-10)15-8-11(2)14(16)9-13(15)12(3)18/h4,8-9,12,18H,5-7H2,1-3H3/t12-/m0/s1. The summed E-state index contributed by atoms with van der Waals surface area (Å²) in [7, 11) is 0. The van der Waals surface area contributed by atoms with Gasteiger partial charge in [-0.25, -0.2) is 4.39 Å². The summed E-state index contributed by atoms with van der Waals surface area (Å²) < 4.78 is 13.6. The smallest absolute Gasteiger partial charge is 0.126 e. The highest BCUT2D eigenvalue weighted by Gasteiger charge is 2.18. The number of hydrogen-bond donors (Lipinski definition) is 1. The normalized spacial score (nSPS) is 17.6. The minimum Gasteiger partial charge on any atom is -0.389 e. The summed E-state index contributed by atoms with van der Waals surface area (Å²) in [5.41, 5.74) is 3.64. The molecular weight excluding hydrogens is 229 g/mol. The molecule has 0 fully saturated rings. The molecule has 0 amide bonds. The Labute approximate surface area is 108 Å². The number of hydrogen-bond acceptors (Lipinski definition) is 2. The van der Waals surface area contributed by atoms with Crippen LogP contribution in [0.1, 0.15) is 37.5 Å². The summed E-state index contributed by atoms with van der Waals surface area (Å²) in [6.45, 7) is 7.32. The van der Waals surface area contributed by atoms with E-state index in [1.807, 2.05) is 6.07 Å². The van der Waals surface area contributed by atoms with Crippen LogP contribution in [0.25, 0.3) is 0 Å². The van der Waals surface area contributed by atoms with Crippen molar-refractivity contribution in [2.75, 3.05) is 18.0 Å². The molecule has 1 aromatic rings. The third-order valence-electron chi connectivity index (χ3n) is 3.53. The molecule has 2 rings (SSSR count). The van der Waals surface area contributed by atoms with Gasteiger partial charge in [-0.05, 0) is 44.9 Å². The number of rotatable bonds is 2. The fraction of sp³-hybridized carbons (Fsp3) is 0.467. The molecule has 0 aliphatic carbocycles. The molecule has 0 spiro atoms. The van der Waals surface area contributed by atoms with E-state index in [0.29, 0.717) is 11.1 Å².